The minimum atomic E-state index is -2.02. The van der Waals surface area contributed by atoms with Crippen molar-refractivity contribution < 1.29 is 9.16 Å². The summed E-state index contributed by atoms with van der Waals surface area (Å²) in [5, 5.41) is -0.225. The Kier molecular flexibility index (Phi) is 7.37. The van der Waals surface area contributed by atoms with Crippen molar-refractivity contribution in [2.24, 2.45) is 5.92 Å². The third-order valence-corrected chi connectivity index (χ3v) is 10.1. The quantitative estimate of drug-likeness (QED) is 0.446. The summed E-state index contributed by atoms with van der Waals surface area (Å²) in [5.74, 6) is 0.511. The van der Waals surface area contributed by atoms with Crippen LogP contribution in [0.15, 0.2) is 12.3 Å². The highest BCUT2D eigenvalue weighted by Gasteiger charge is 2.55. The van der Waals surface area contributed by atoms with E-state index in [1.54, 1.807) is 0 Å². The molecule has 0 N–H and O–H groups in total. The van der Waals surface area contributed by atoms with Crippen LogP contribution in [-0.2, 0) is 9.16 Å². The van der Waals surface area contributed by atoms with Gasteiger partial charge >= 0.3 is 0 Å². The molecule has 0 saturated heterocycles. The van der Waals surface area contributed by atoms with Crippen molar-refractivity contribution in [1.29, 1.82) is 0 Å². The maximum Gasteiger partial charge on any atom is 0.242 e. The third kappa shape index (κ3) is 4.35. The van der Waals surface area contributed by atoms with Crippen molar-refractivity contribution in [3.8, 4) is 0 Å². The Bertz CT molecular complexity index is 272. The van der Waals surface area contributed by atoms with Crippen LogP contribution in [0.4, 0.5) is 0 Å². The maximum atomic E-state index is 6.35. The molecule has 114 valence electrons. The van der Waals surface area contributed by atoms with E-state index < -0.39 is 8.32 Å². The van der Waals surface area contributed by atoms with Crippen molar-refractivity contribution in [3.63, 3.8) is 0 Å². The molecule has 0 aromatic rings. The second-order valence-electron chi connectivity index (χ2n) is 6.74. The van der Waals surface area contributed by atoms with Crippen molar-refractivity contribution in [2.45, 2.75) is 78.6 Å². The van der Waals surface area contributed by atoms with Gasteiger partial charge in [0, 0.05) is 6.61 Å². The van der Waals surface area contributed by atoms with Gasteiger partial charge in [0.2, 0.25) is 8.32 Å². The van der Waals surface area contributed by atoms with Crippen molar-refractivity contribution in [3.05, 3.63) is 12.3 Å². The highest BCUT2D eigenvalue weighted by Crippen LogP contribution is 2.43. The highest BCUT2D eigenvalue weighted by molar-refractivity contribution is 6.79. The highest BCUT2D eigenvalue weighted by atomic mass is 28.4. The van der Waals surface area contributed by atoms with Crippen molar-refractivity contribution in [2.75, 3.05) is 6.61 Å². The molecule has 0 amide bonds. The molecule has 0 heterocycles. The first-order valence-electron chi connectivity index (χ1n) is 7.60. The van der Waals surface area contributed by atoms with E-state index in [0.29, 0.717) is 17.0 Å². The van der Waals surface area contributed by atoms with E-state index in [2.05, 4.69) is 68.4 Å². The van der Waals surface area contributed by atoms with Gasteiger partial charge in [0.1, 0.15) is 5.22 Å². The fourth-order valence-electron chi connectivity index (χ4n) is 3.26. The molecule has 3 heteroatoms. The normalized spacial score (nSPS) is 14.1. The molecule has 0 aliphatic rings. The van der Waals surface area contributed by atoms with Gasteiger partial charge in [-0.2, -0.15) is 0 Å². The van der Waals surface area contributed by atoms with Gasteiger partial charge in [0.05, 0.1) is 6.26 Å². The molecular weight excluding hydrogens is 252 g/mol. The zero-order valence-corrected chi connectivity index (χ0v) is 15.4. The summed E-state index contributed by atoms with van der Waals surface area (Å²) in [7, 11) is -2.02. The van der Waals surface area contributed by atoms with Crippen LogP contribution in [0.1, 0.15) is 62.3 Å². The van der Waals surface area contributed by atoms with E-state index >= 15 is 0 Å². The smallest absolute Gasteiger partial charge is 0.242 e. The minimum absolute atomic E-state index is 0.225. The third-order valence-electron chi connectivity index (χ3n) is 3.87. The molecule has 19 heavy (non-hydrogen) atoms. The van der Waals surface area contributed by atoms with E-state index in [1.807, 2.05) is 6.26 Å². The molecule has 0 aromatic heterocycles. The van der Waals surface area contributed by atoms with Crippen LogP contribution in [0.3, 0.4) is 0 Å². The van der Waals surface area contributed by atoms with E-state index in [-0.39, 0.29) is 5.22 Å². The number of ether oxygens (including phenoxy) is 1. The first-order valence-corrected chi connectivity index (χ1v) is 9.66. The Hall–Kier alpha value is -0.283. The monoisotopic (exact) mass is 286 g/mol. The second kappa shape index (κ2) is 7.49. The first kappa shape index (κ1) is 18.7. The Labute approximate surface area is 121 Å². The lowest BCUT2D eigenvalue weighted by Crippen LogP contribution is -2.62. The largest absolute Gasteiger partial charge is 0.497 e. The minimum Gasteiger partial charge on any atom is -0.497 e. The van der Waals surface area contributed by atoms with Gasteiger partial charge in [0.15, 0.2) is 0 Å². The van der Waals surface area contributed by atoms with Gasteiger partial charge in [-0.15, -0.1) is 0 Å². The molecule has 0 aliphatic heterocycles. The summed E-state index contributed by atoms with van der Waals surface area (Å²) < 4.78 is 12.5. The molecule has 0 spiro atoms. The summed E-state index contributed by atoms with van der Waals surface area (Å²) in [4.78, 5) is 0. The van der Waals surface area contributed by atoms with Crippen LogP contribution in [0.25, 0.3) is 0 Å². The molecule has 0 unspecified atom stereocenters. The van der Waals surface area contributed by atoms with E-state index in [1.165, 1.54) is 0 Å². The molecule has 0 fully saturated rings. The van der Waals surface area contributed by atoms with Crippen LogP contribution in [0, 0.1) is 5.92 Å². The number of hydrogen-bond donors (Lipinski definition) is 0. The Morgan fingerprint density at radius 3 is 1.79 bits per heavy atom. The van der Waals surface area contributed by atoms with Crippen LogP contribution in [0.5, 0.6) is 0 Å². The predicted octanol–water partition coefficient (Wildman–Crippen LogP) is 5.29. The summed E-state index contributed by atoms with van der Waals surface area (Å²) >= 11 is 0. The van der Waals surface area contributed by atoms with Gasteiger partial charge in [0.25, 0.3) is 0 Å². The standard InChI is InChI=1S/C16H34O2Si/c1-10-18-19(14(4)5,15(6)7)16(8,9)17-12-11-13(2)3/h11-15H,10H2,1-9H3. The van der Waals surface area contributed by atoms with E-state index in [0.717, 1.165) is 6.61 Å². The van der Waals surface area contributed by atoms with E-state index in [9.17, 15) is 0 Å². The zero-order valence-electron chi connectivity index (χ0n) is 14.4. The Morgan fingerprint density at radius 1 is 1.00 bits per heavy atom. The summed E-state index contributed by atoms with van der Waals surface area (Å²) in [6, 6.07) is 0. The lowest BCUT2D eigenvalue weighted by atomic mass is 10.2. The van der Waals surface area contributed by atoms with Gasteiger partial charge < -0.3 is 9.16 Å². The lowest BCUT2D eigenvalue weighted by molar-refractivity contribution is 0.0882. The van der Waals surface area contributed by atoms with Crippen LogP contribution in [-0.4, -0.2) is 20.1 Å². The molecule has 0 saturated carbocycles. The molecule has 0 rings (SSSR count). The predicted molar refractivity (Wildman–Crippen MR) is 86.7 cm³/mol. The Balaban J connectivity index is 5.32. The van der Waals surface area contributed by atoms with E-state index in [4.69, 9.17) is 9.16 Å². The summed E-state index contributed by atoms with van der Waals surface area (Å²) in [5.41, 5.74) is 1.05. The molecular formula is C16H34O2Si. The molecule has 0 atom stereocenters. The first-order chi connectivity index (χ1) is 8.61. The average molecular weight is 287 g/mol. The van der Waals surface area contributed by atoms with Crippen LogP contribution < -0.4 is 0 Å². The number of allylic oxidation sites excluding steroid dienone is 1. The SMILES string of the molecule is CCO[Si](C(C)C)(C(C)C)C(C)(C)OC=CC(C)C. The van der Waals surface area contributed by atoms with Gasteiger partial charge in [-0.05, 0) is 43.8 Å². The van der Waals surface area contributed by atoms with Gasteiger partial charge in [-0.3, -0.25) is 0 Å². The molecule has 0 bridgehead atoms. The average Bonchev–Trinajstić information content (AvgIpc) is 2.23. The topological polar surface area (TPSA) is 18.5 Å². The fourth-order valence-corrected chi connectivity index (χ4v) is 9.12. The Morgan fingerprint density at radius 2 is 1.47 bits per heavy atom. The van der Waals surface area contributed by atoms with Gasteiger partial charge in [-0.1, -0.05) is 41.5 Å². The van der Waals surface area contributed by atoms with Crippen molar-refractivity contribution >= 4 is 8.32 Å². The van der Waals surface area contributed by atoms with Gasteiger partial charge in [-0.25, -0.2) is 0 Å². The molecule has 2 nitrogen and oxygen atoms in total. The fraction of sp³-hybridized carbons (Fsp3) is 0.875. The summed E-state index contributed by atoms with van der Waals surface area (Å²) in [6.07, 6.45) is 3.98. The maximum absolute atomic E-state index is 6.35. The van der Waals surface area contributed by atoms with Crippen LogP contribution >= 0.6 is 0 Å². The zero-order chi connectivity index (χ0) is 15.3. The molecule has 0 aromatic carbocycles. The molecule has 0 radical (unpaired) electrons. The molecule has 0 aliphatic carbocycles. The number of rotatable bonds is 8. The summed E-state index contributed by atoms with van der Waals surface area (Å²) in [6.45, 7) is 20.7. The van der Waals surface area contributed by atoms with Crippen molar-refractivity contribution in [1.82, 2.24) is 0 Å². The second-order valence-corrected chi connectivity index (χ2v) is 12.1. The van der Waals surface area contributed by atoms with Crippen LogP contribution in [0.2, 0.25) is 11.1 Å². The lowest BCUT2D eigenvalue weighted by Gasteiger charge is -2.48. The number of hydrogen-bond acceptors (Lipinski definition) is 2.